The third kappa shape index (κ3) is 2.57. The molecule has 1 aromatic carbocycles. The van der Waals surface area contributed by atoms with Crippen molar-refractivity contribution in [3.05, 3.63) is 24.3 Å². The van der Waals surface area contributed by atoms with Crippen LogP contribution in [0.5, 0.6) is 5.75 Å². The van der Waals surface area contributed by atoms with Crippen LogP contribution in [0.1, 0.15) is 0 Å². The fraction of sp³-hybridized carbons (Fsp3) is 0.400. The van der Waals surface area contributed by atoms with Crippen LogP contribution in [0, 0.1) is 0 Å². The number of rotatable bonds is 2. The van der Waals surface area contributed by atoms with Crippen molar-refractivity contribution in [2.45, 2.75) is 6.36 Å². The summed E-state index contributed by atoms with van der Waals surface area (Å²) < 4.78 is 44.8. The van der Waals surface area contributed by atoms with Crippen molar-refractivity contribution in [3.8, 4) is 5.75 Å². The molecular weight excluding hydrogens is 223 g/mol. The summed E-state index contributed by atoms with van der Waals surface area (Å²) >= 11 is 0. The molecule has 1 aliphatic rings. The van der Waals surface area contributed by atoms with Crippen LogP contribution in [0.3, 0.4) is 0 Å². The standard InChI is InChI=1S/C10H10F3NO2/c11-10(12,13)16-7-14-5-6-15-9-4-2-1-3-8(9)14/h1-4H,5-7H2. The van der Waals surface area contributed by atoms with Crippen molar-refractivity contribution in [1.82, 2.24) is 0 Å². The van der Waals surface area contributed by atoms with Crippen LogP contribution in [0.25, 0.3) is 0 Å². The molecule has 2 rings (SSSR count). The van der Waals surface area contributed by atoms with Crippen molar-refractivity contribution in [2.24, 2.45) is 0 Å². The fourth-order valence-corrected chi connectivity index (χ4v) is 1.51. The smallest absolute Gasteiger partial charge is 0.490 e. The molecule has 3 nitrogen and oxygen atoms in total. The maximum atomic E-state index is 11.9. The Morgan fingerprint density at radius 1 is 1.31 bits per heavy atom. The summed E-state index contributed by atoms with van der Waals surface area (Å²) in [5.41, 5.74) is 0.623. The highest BCUT2D eigenvalue weighted by Crippen LogP contribution is 2.31. The van der Waals surface area contributed by atoms with Crippen molar-refractivity contribution >= 4 is 5.69 Å². The zero-order valence-corrected chi connectivity index (χ0v) is 8.33. The first-order valence-electron chi connectivity index (χ1n) is 4.74. The highest BCUT2D eigenvalue weighted by atomic mass is 19.4. The minimum absolute atomic E-state index is 0.359. The highest BCUT2D eigenvalue weighted by Gasteiger charge is 2.31. The van der Waals surface area contributed by atoms with Crippen LogP contribution in [0.4, 0.5) is 18.9 Å². The Morgan fingerprint density at radius 2 is 2.06 bits per heavy atom. The van der Waals surface area contributed by atoms with Crippen LogP contribution in [-0.4, -0.2) is 26.2 Å². The second-order valence-electron chi connectivity index (χ2n) is 3.30. The molecular formula is C10H10F3NO2. The summed E-state index contributed by atoms with van der Waals surface area (Å²) in [6.45, 7) is 0.231. The SMILES string of the molecule is FC(F)(F)OCN1CCOc2ccccc21. The van der Waals surface area contributed by atoms with Gasteiger partial charge in [0.25, 0.3) is 0 Å². The average molecular weight is 233 g/mol. The third-order valence-electron chi connectivity index (χ3n) is 2.21. The summed E-state index contributed by atoms with van der Waals surface area (Å²) in [6, 6.07) is 6.93. The van der Waals surface area contributed by atoms with Gasteiger partial charge in [-0.2, -0.15) is 0 Å². The van der Waals surface area contributed by atoms with Crippen LogP contribution >= 0.6 is 0 Å². The molecule has 0 unspecified atom stereocenters. The van der Waals surface area contributed by atoms with Crippen molar-refractivity contribution in [1.29, 1.82) is 0 Å². The topological polar surface area (TPSA) is 21.7 Å². The molecule has 0 fully saturated rings. The lowest BCUT2D eigenvalue weighted by molar-refractivity contribution is -0.324. The molecule has 0 atom stereocenters. The van der Waals surface area contributed by atoms with Crippen LogP contribution in [0.15, 0.2) is 24.3 Å². The molecule has 1 heterocycles. The summed E-state index contributed by atoms with van der Waals surface area (Å²) in [7, 11) is 0. The molecule has 0 aromatic heterocycles. The quantitative estimate of drug-likeness (QED) is 0.782. The summed E-state index contributed by atoms with van der Waals surface area (Å²) in [4.78, 5) is 1.49. The van der Waals surface area contributed by atoms with Gasteiger partial charge in [0.15, 0.2) is 0 Å². The second kappa shape index (κ2) is 4.21. The number of ether oxygens (including phenoxy) is 2. The fourth-order valence-electron chi connectivity index (χ4n) is 1.51. The number of fused-ring (bicyclic) bond motifs is 1. The lowest BCUT2D eigenvalue weighted by atomic mass is 10.2. The van der Waals surface area contributed by atoms with Crippen molar-refractivity contribution in [2.75, 3.05) is 24.8 Å². The number of nitrogens with zero attached hydrogens (tertiary/aromatic N) is 1. The first-order valence-corrected chi connectivity index (χ1v) is 4.74. The summed E-state index contributed by atoms with van der Waals surface area (Å²) in [5, 5.41) is 0. The van der Waals surface area contributed by atoms with E-state index in [1.54, 1.807) is 24.3 Å². The molecule has 0 amide bonds. The van der Waals surface area contributed by atoms with E-state index in [1.165, 1.54) is 4.90 Å². The predicted octanol–water partition coefficient (Wildman–Crippen LogP) is 2.38. The van der Waals surface area contributed by atoms with E-state index in [9.17, 15) is 13.2 Å². The molecule has 0 N–H and O–H groups in total. The van der Waals surface area contributed by atoms with Gasteiger partial charge in [-0.3, -0.25) is 4.74 Å². The molecule has 1 aromatic rings. The molecule has 0 saturated heterocycles. The van der Waals surface area contributed by atoms with Crippen LogP contribution in [-0.2, 0) is 4.74 Å². The Hall–Kier alpha value is -1.43. The third-order valence-corrected chi connectivity index (χ3v) is 2.21. The maximum Gasteiger partial charge on any atom is 0.524 e. The Balaban J connectivity index is 2.07. The number of alkyl halides is 3. The Kier molecular flexibility index (Phi) is 2.91. The largest absolute Gasteiger partial charge is 0.524 e. The Morgan fingerprint density at radius 3 is 2.81 bits per heavy atom. The van der Waals surface area contributed by atoms with Gasteiger partial charge < -0.3 is 9.64 Å². The lowest BCUT2D eigenvalue weighted by Crippen LogP contribution is -2.36. The minimum atomic E-state index is -4.60. The van der Waals surface area contributed by atoms with Gasteiger partial charge in [0, 0.05) is 0 Å². The van der Waals surface area contributed by atoms with Gasteiger partial charge in [0.05, 0.1) is 12.2 Å². The lowest BCUT2D eigenvalue weighted by Gasteiger charge is -2.30. The Bertz CT molecular complexity index is 367. The minimum Gasteiger partial charge on any atom is -0.490 e. The van der Waals surface area contributed by atoms with E-state index in [0.29, 0.717) is 24.6 Å². The zero-order valence-electron chi connectivity index (χ0n) is 8.33. The number of hydrogen-bond acceptors (Lipinski definition) is 3. The van der Waals surface area contributed by atoms with E-state index in [1.807, 2.05) is 0 Å². The van der Waals surface area contributed by atoms with Gasteiger partial charge in [-0.25, -0.2) is 0 Å². The van der Waals surface area contributed by atoms with E-state index >= 15 is 0 Å². The van der Waals surface area contributed by atoms with E-state index in [4.69, 9.17) is 4.74 Å². The van der Waals surface area contributed by atoms with Gasteiger partial charge in [0.2, 0.25) is 0 Å². The first kappa shape index (κ1) is 11.1. The molecule has 0 aliphatic carbocycles. The van der Waals surface area contributed by atoms with E-state index in [2.05, 4.69) is 4.74 Å². The van der Waals surface area contributed by atoms with Crippen molar-refractivity contribution < 1.29 is 22.6 Å². The number of halogens is 3. The average Bonchev–Trinajstić information content (AvgIpc) is 2.25. The van der Waals surface area contributed by atoms with E-state index in [0.717, 1.165) is 0 Å². The van der Waals surface area contributed by atoms with Crippen LogP contribution in [0.2, 0.25) is 0 Å². The molecule has 16 heavy (non-hydrogen) atoms. The van der Waals surface area contributed by atoms with Gasteiger partial charge in [-0.05, 0) is 12.1 Å². The monoisotopic (exact) mass is 233 g/mol. The van der Waals surface area contributed by atoms with E-state index < -0.39 is 13.1 Å². The Labute approximate surface area is 90.4 Å². The molecule has 0 bridgehead atoms. The highest BCUT2D eigenvalue weighted by molar-refractivity contribution is 5.59. The summed E-state index contributed by atoms with van der Waals surface area (Å²) in [6.07, 6.45) is -4.60. The molecule has 6 heteroatoms. The number of hydrogen-bond donors (Lipinski definition) is 0. The van der Waals surface area contributed by atoms with Gasteiger partial charge in [-0.15, -0.1) is 13.2 Å². The maximum absolute atomic E-state index is 11.9. The molecule has 1 aliphatic heterocycles. The van der Waals surface area contributed by atoms with E-state index in [-0.39, 0.29) is 0 Å². The molecule has 0 saturated carbocycles. The van der Waals surface area contributed by atoms with Gasteiger partial charge in [0.1, 0.15) is 19.1 Å². The number of benzene rings is 1. The van der Waals surface area contributed by atoms with Gasteiger partial charge in [-0.1, -0.05) is 12.1 Å². The second-order valence-corrected chi connectivity index (χ2v) is 3.30. The predicted molar refractivity (Wildman–Crippen MR) is 51.3 cm³/mol. The first-order chi connectivity index (χ1) is 7.56. The normalized spacial score (nSPS) is 15.6. The number of anilines is 1. The molecule has 0 radical (unpaired) electrons. The van der Waals surface area contributed by atoms with Crippen molar-refractivity contribution in [3.63, 3.8) is 0 Å². The van der Waals surface area contributed by atoms with Crippen LogP contribution < -0.4 is 9.64 Å². The zero-order chi connectivity index (χ0) is 11.6. The van der Waals surface area contributed by atoms with Gasteiger partial charge >= 0.3 is 6.36 Å². The summed E-state index contributed by atoms with van der Waals surface area (Å²) in [5.74, 6) is 0.583. The molecule has 0 spiro atoms. The number of para-hydroxylation sites is 2. The molecule has 88 valence electrons.